The van der Waals surface area contributed by atoms with E-state index in [9.17, 15) is 9.59 Å². The van der Waals surface area contributed by atoms with Gasteiger partial charge in [-0.3, -0.25) is 4.79 Å². The second kappa shape index (κ2) is 8.58. The van der Waals surface area contributed by atoms with Crippen molar-refractivity contribution in [3.63, 3.8) is 0 Å². The Morgan fingerprint density at radius 3 is 2.24 bits per heavy atom. The van der Waals surface area contributed by atoms with Crippen LogP contribution in [0.5, 0.6) is 0 Å². The summed E-state index contributed by atoms with van der Waals surface area (Å²) in [6.45, 7) is 8.35. The van der Waals surface area contributed by atoms with E-state index in [4.69, 9.17) is 5.11 Å². The van der Waals surface area contributed by atoms with Gasteiger partial charge in [0, 0.05) is 19.6 Å². The minimum atomic E-state index is -0.895. The fourth-order valence-electron chi connectivity index (χ4n) is 1.90. The summed E-state index contributed by atoms with van der Waals surface area (Å²) >= 11 is 0. The summed E-state index contributed by atoms with van der Waals surface area (Å²) in [5.74, 6) is -0.895. The van der Waals surface area contributed by atoms with E-state index in [1.165, 1.54) is 0 Å². The Balaban J connectivity index is 2.69. The van der Waals surface area contributed by atoms with E-state index in [1.807, 2.05) is 12.1 Å². The Bertz CT molecular complexity index is 516. The summed E-state index contributed by atoms with van der Waals surface area (Å²) in [5.41, 5.74) is 1.50. The number of benzene rings is 1. The lowest BCUT2D eigenvalue weighted by molar-refractivity contribution is -0.136. The molecule has 0 saturated carbocycles. The van der Waals surface area contributed by atoms with E-state index in [2.05, 4.69) is 18.5 Å². The van der Waals surface area contributed by atoms with Gasteiger partial charge in [0.1, 0.15) is 0 Å². The Hall–Kier alpha value is -2.56. The number of amides is 2. The van der Waals surface area contributed by atoms with E-state index in [0.717, 1.165) is 5.56 Å². The molecule has 2 amide bonds. The highest BCUT2D eigenvalue weighted by molar-refractivity contribution is 5.75. The number of hydrogen-bond acceptors (Lipinski definition) is 2. The zero-order valence-corrected chi connectivity index (χ0v) is 11.9. The quantitative estimate of drug-likeness (QED) is 0.720. The largest absolute Gasteiger partial charge is 0.481 e. The van der Waals surface area contributed by atoms with Crippen molar-refractivity contribution in [3.8, 4) is 0 Å². The van der Waals surface area contributed by atoms with Gasteiger partial charge >= 0.3 is 12.0 Å². The number of carbonyl (C=O) groups excluding carboxylic acids is 1. The fourth-order valence-corrected chi connectivity index (χ4v) is 1.90. The van der Waals surface area contributed by atoms with E-state index in [-0.39, 0.29) is 19.0 Å². The van der Waals surface area contributed by atoms with Crippen LogP contribution in [0.15, 0.2) is 49.6 Å². The molecule has 0 heterocycles. The molecule has 0 unspecified atom stereocenters. The van der Waals surface area contributed by atoms with Crippen LogP contribution in [-0.2, 0) is 17.8 Å². The molecule has 2 N–H and O–H groups in total. The number of hydrogen-bond donors (Lipinski definition) is 2. The summed E-state index contributed by atoms with van der Waals surface area (Å²) in [4.78, 5) is 24.4. The predicted octanol–water partition coefficient (Wildman–Crippen LogP) is 2.20. The Labute approximate surface area is 124 Å². The molecule has 1 aromatic rings. The minimum Gasteiger partial charge on any atom is -0.481 e. The molecular formula is C16H20N2O3. The highest BCUT2D eigenvalue weighted by atomic mass is 16.4. The summed E-state index contributed by atoms with van der Waals surface area (Å²) in [6, 6.07) is 6.92. The number of carboxylic acid groups (broad SMARTS) is 1. The first-order valence-corrected chi connectivity index (χ1v) is 6.61. The molecule has 0 aliphatic rings. The molecule has 1 aromatic carbocycles. The Morgan fingerprint density at radius 1 is 1.14 bits per heavy atom. The van der Waals surface area contributed by atoms with E-state index in [1.54, 1.807) is 29.2 Å². The molecule has 21 heavy (non-hydrogen) atoms. The van der Waals surface area contributed by atoms with Crippen molar-refractivity contribution in [1.82, 2.24) is 10.2 Å². The number of urea groups is 1. The fraction of sp³-hybridized carbons (Fsp3) is 0.250. The molecule has 112 valence electrons. The molecule has 0 atom stereocenters. The number of carbonyl (C=O) groups is 2. The SMILES string of the molecule is C=CCN(CC=C)C(=O)NCc1ccccc1CC(=O)O. The third-order valence-corrected chi connectivity index (χ3v) is 2.88. The second-order valence-electron chi connectivity index (χ2n) is 4.48. The summed E-state index contributed by atoms with van der Waals surface area (Å²) in [6.07, 6.45) is 3.22. The van der Waals surface area contributed by atoms with Gasteiger partial charge in [-0.2, -0.15) is 0 Å². The van der Waals surface area contributed by atoms with Crippen molar-refractivity contribution in [3.05, 3.63) is 60.7 Å². The number of nitrogens with one attached hydrogen (secondary N) is 1. The van der Waals surface area contributed by atoms with Crippen LogP contribution in [0.1, 0.15) is 11.1 Å². The van der Waals surface area contributed by atoms with Crippen molar-refractivity contribution >= 4 is 12.0 Å². The predicted molar refractivity (Wildman–Crippen MR) is 82.0 cm³/mol. The lowest BCUT2D eigenvalue weighted by atomic mass is 10.0. The second-order valence-corrected chi connectivity index (χ2v) is 4.48. The monoisotopic (exact) mass is 288 g/mol. The first-order chi connectivity index (χ1) is 10.1. The third kappa shape index (κ3) is 5.52. The lowest BCUT2D eigenvalue weighted by Crippen LogP contribution is -2.39. The zero-order valence-electron chi connectivity index (χ0n) is 11.9. The number of nitrogens with zero attached hydrogens (tertiary/aromatic N) is 1. The van der Waals surface area contributed by atoms with Crippen molar-refractivity contribution in [2.75, 3.05) is 13.1 Å². The topological polar surface area (TPSA) is 69.6 Å². The molecule has 5 heteroatoms. The van der Waals surface area contributed by atoms with Crippen LogP contribution < -0.4 is 5.32 Å². The summed E-state index contributed by atoms with van der Waals surface area (Å²) in [7, 11) is 0. The maximum absolute atomic E-state index is 12.0. The summed E-state index contributed by atoms with van der Waals surface area (Å²) < 4.78 is 0. The van der Waals surface area contributed by atoms with Crippen molar-refractivity contribution in [1.29, 1.82) is 0 Å². The van der Waals surface area contributed by atoms with Crippen LogP contribution >= 0.6 is 0 Å². The van der Waals surface area contributed by atoms with Gasteiger partial charge < -0.3 is 15.3 Å². The van der Waals surface area contributed by atoms with Gasteiger partial charge in [-0.05, 0) is 11.1 Å². The van der Waals surface area contributed by atoms with Gasteiger partial charge in [0.2, 0.25) is 0 Å². The number of carboxylic acids is 1. The molecule has 0 radical (unpaired) electrons. The van der Waals surface area contributed by atoms with Crippen LogP contribution in [0, 0.1) is 0 Å². The highest BCUT2D eigenvalue weighted by Crippen LogP contribution is 2.09. The molecular weight excluding hydrogens is 268 g/mol. The van der Waals surface area contributed by atoms with E-state index < -0.39 is 5.97 Å². The maximum atomic E-state index is 12.0. The van der Waals surface area contributed by atoms with Gasteiger partial charge in [-0.1, -0.05) is 36.4 Å². The lowest BCUT2D eigenvalue weighted by Gasteiger charge is -2.20. The maximum Gasteiger partial charge on any atom is 0.318 e. The van der Waals surface area contributed by atoms with Crippen LogP contribution in [-0.4, -0.2) is 35.1 Å². The average molecular weight is 288 g/mol. The normalized spacial score (nSPS) is 9.71. The Morgan fingerprint density at radius 2 is 1.71 bits per heavy atom. The highest BCUT2D eigenvalue weighted by Gasteiger charge is 2.11. The minimum absolute atomic E-state index is 0.0604. The van der Waals surface area contributed by atoms with Gasteiger partial charge in [0.25, 0.3) is 0 Å². The first kappa shape index (κ1) is 16.5. The van der Waals surface area contributed by atoms with E-state index >= 15 is 0 Å². The molecule has 5 nitrogen and oxygen atoms in total. The van der Waals surface area contributed by atoms with E-state index in [0.29, 0.717) is 18.7 Å². The van der Waals surface area contributed by atoms with Crippen LogP contribution in [0.4, 0.5) is 4.79 Å². The molecule has 0 spiro atoms. The average Bonchev–Trinajstić information content (AvgIpc) is 2.45. The molecule has 0 aliphatic heterocycles. The molecule has 0 saturated heterocycles. The summed E-state index contributed by atoms with van der Waals surface area (Å²) in [5, 5.41) is 11.7. The molecule has 0 bridgehead atoms. The smallest absolute Gasteiger partial charge is 0.318 e. The number of aliphatic carboxylic acids is 1. The number of rotatable bonds is 8. The van der Waals surface area contributed by atoms with Crippen molar-refractivity contribution < 1.29 is 14.7 Å². The van der Waals surface area contributed by atoms with Gasteiger partial charge in [-0.25, -0.2) is 4.79 Å². The Kier molecular flexibility index (Phi) is 6.74. The van der Waals surface area contributed by atoms with Crippen LogP contribution in [0.3, 0.4) is 0 Å². The van der Waals surface area contributed by atoms with Gasteiger partial charge in [0.05, 0.1) is 6.42 Å². The standard InChI is InChI=1S/C16H20N2O3/c1-3-9-18(10-4-2)16(21)17-12-14-8-6-5-7-13(14)11-15(19)20/h3-8H,1-2,9-12H2,(H,17,21)(H,19,20). The van der Waals surface area contributed by atoms with Gasteiger partial charge in [-0.15, -0.1) is 13.2 Å². The molecule has 0 aliphatic carbocycles. The molecule has 0 fully saturated rings. The first-order valence-electron chi connectivity index (χ1n) is 6.61. The van der Waals surface area contributed by atoms with Crippen LogP contribution in [0.2, 0.25) is 0 Å². The molecule has 0 aromatic heterocycles. The van der Waals surface area contributed by atoms with Gasteiger partial charge in [0.15, 0.2) is 0 Å². The van der Waals surface area contributed by atoms with Crippen molar-refractivity contribution in [2.24, 2.45) is 0 Å². The van der Waals surface area contributed by atoms with Crippen molar-refractivity contribution in [2.45, 2.75) is 13.0 Å². The molecule has 1 rings (SSSR count). The van der Waals surface area contributed by atoms with Crippen LogP contribution in [0.25, 0.3) is 0 Å². The zero-order chi connectivity index (χ0) is 15.7. The third-order valence-electron chi connectivity index (χ3n) is 2.88.